The number of oxazole rings is 1. The Balaban J connectivity index is 2.02. The number of rotatable bonds is 2. The van der Waals surface area contributed by atoms with Gasteiger partial charge in [0, 0.05) is 11.3 Å². The van der Waals surface area contributed by atoms with Crippen molar-refractivity contribution in [1.29, 1.82) is 0 Å². The zero-order valence-electron chi connectivity index (χ0n) is 14.6. The lowest BCUT2D eigenvalue weighted by Gasteiger charge is -2.04. The first-order chi connectivity index (χ1) is 11.9. The Kier molecular flexibility index (Phi) is 3.43. The van der Waals surface area contributed by atoms with Crippen LogP contribution in [0.1, 0.15) is 28.8 Å². The highest BCUT2D eigenvalue weighted by atomic mass is 35.5. The Labute approximate surface area is 149 Å². The summed E-state index contributed by atoms with van der Waals surface area (Å²) in [7, 11) is 0. The monoisotopic (exact) mass is 356 g/mol. The van der Waals surface area contributed by atoms with Gasteiger partial charge in [0.1, 0.15) is 28.3 Å². The van der Waals surface area contributed by atoms with Crippen LogP contribution in [0.25, 0.3) is 22.7 Å². The normalized spacial score (nSPS) is 11.6. The van der Waals surface area contributed by atoms with Crippen molar-refractivity contribution in [3.8, 4) is 16.9 Å². The van der Waals surface area contributed by atoms with Crippen molar-refractivity contribution < 1.29 is 4.42 Å². The molecule has 7 nitrogen and oxygen atoms in total. The molecule has 0 N–H and O–H groups in total. The van der Waals surface area contributed by atoms with Crippen LogP contribution in [0.3, 0.4) is 0 Å². The van der Waals surface area contributed by atoms with Gasteiger partial charge in [-0.15, -0.1) is 0 Å². The number of fused-ring (bicyclic) bond motifs is 1. The number of hydrogen-bond donors (Lipinski definition) is 0. The summed E-state index contributed by atoms with van der Waals surface area (Å²) < 4.78 is 9.63. The second kappa shape index (κ2) is 5.42. The van der Waals surface area contributed by atoms with E-state index in [9.17, 15) is 0 Å². The summed E-state index contributed by atoms with van der Waals surface area (Å²) in [6, 6.07) is 3.70. The molecule has 0 atom stereocenters. The fourth-order valence-electron chi connectivity index (χ4n) is 3.14. The topological polar surface area (TPSA) is 74.0 Å². The largest absolute Gasteiger partial charge is 0.439 e. The second-order valence-corrected chi connectivity index (χ2v) is 6.43. The SMILES string of the molecule is Cc1nc(C)n(-c2c(C)nn3c(-c4ccc(Cl)nc4C)c(C)oc23)n1. The first-order valence-corrected chi connectivity index (χ1v) is 8.27. The van der Waals surface area contributed by atoms with Gasteiger partial charge in [-0.25, -0.2) is 14.6 Å². The minimum atomic E-state index is 0.463. The summed E-state index contributed by atoms with van der Waals surface area (Å²) in [5.74, 6) is 2.25. The molecule has 0 bridgehead atoms. The van der Waals surface area contributed by atoms with Crippen LogP contribution in [0.15, 0.2) is 16.5 Å². The van der Waals surface area contributed by atoms with Crippen LogP contribution in [-0.4, -0.2) is 29.4 Å². The highest BCUT2D eigenvalue weighted by Gasteiger charge is 2.24. The van der Waals surface area contributed by atoms with Gasteiger partial charge in [0.15, 0.2) is 5.69 Å². The molecule has 8 heteroatoms. The van der Waals surface area contributed by atoms with Crippen molar-refractivity contribution in [2.24, 2.45) is 0 Å². The van der Waals surface area contributed by atoms with E-state index in [1.807, 2.05) is 40.7 Å². The molecule has 0 amide bonds. The van der Waals surface area contributed by atoms with E-state index >= 15 is 0 Å². The Morgan fingerprint density at radius 2 is 1.72 bits per heavy atom. The maximum Gasteiger partial charge on any atom is 0.249 e. The molecule has 25 heavy (non-hydrogen) atoms. The molecular formula is C17H17ClN6O. The molecule has 0 aliphatic rings. The zero-order chi connectivity index (χ0) is 17.9. The number of pyridine rings is 1. The van der Waals surface area contributed by atoms with Crippen molar-refractivity contribution in [2.75, 3.05) is 0 Å². The van der Waals surface area contributed by atoms with Crippen molar-refractivity contribution in [1.82, 2.24) is 29.4 Å². The highest BCUT2D eigenvalue weighted by Crippen LogP contribution is 2.33. The van der Waals surface area contributed by atoms with Gasteiger partial charge in [-0.1, -0.05) is 11.6 Å². The third kappa shape index (κ3) is 2.34. The van der Waals surface area contributed by atoms with E-state index in [0.717, 1.165) is 39.9 Å². The fraction of sp³-hybridized carbons (Fsp3) is 0.294. The Morgan fingerprint density at radius 1 is 0.960 bits per heavy atom. The van der Waals surface area contributed by atoms with Crippen LogP contribution in [0.5, 0.6) is 0 Å². The van der Waals surface area contributed by atoms with Crippen molar-refractivity contribution in [3.63, 3.8) is 0 Å². The Bertz CT molecular complexity index is 1120. The summed E-state index contributed by atoms with van der Waals surface area (Å²) in [4.78, 5) is 8.71. The second-order valence-electron chi connectivity index (χ2n) is 6.04. The maximum absolute atomic E-state index is 6.06. The average Bonchev–Trinajstić information content (AvgIpc) is 3.11. The van der Waals surface area contributed by atoms with Crippen molar-refractivity contribution in [2.45, 2.75) is 34.6 Å². The van der Waals surface area contributed by atoms with Crippen LogP contribution in [-0.2, 0) is 0 Å². The van der Waals surface area contributed by atoms with Crippen molar-refractivity contribution in [3.05, 3.63) is 46.1 Å². The van der Waals surface area contributed by atoms with Crippen LogP contribution in [0.4, 0.5) is 0 Å². The predicted molar refractivity (Wildman–Crippen MR) is 94.3 cm³/mol. The van der Waals surface area contributed by atoms with Crippen LogP contribution < -0.4 is 0 Å². The maximum atomic E-state index is 6.06. The number of hydrogen-bond acceptors (Lipinski definition) is 5. The molecule has 0 saturated heterocycles. The molecule has 0 radical (unpaired) electrons. The molecule has 0 aliphatic heterocycles. The number of aryl methyl sites for hydroxylation is 5. The summed E-state index contributed by atoms with van der Waals surface area (Å²) in [5.41, 5.74) is 4.86. The van der Waals surface area contributed by atoms with Gasteiger partial charge in [0.2, 0.25) is 5.71 Å². The first-order valence-electron chi connectivity index (χ1n) is 7.89. The van der Waals surface area contributed by atoms with Crippen LogP contribution in [0.2, 0.25) is 5.15 Å². The van der Waals surface area contributed by atoms with Crippen LogP contribution >= 0.6 is 11.6 Å². The van der Waals surface area contributed by atoms with E-state index < -0.39 is 0 Å². The lowest BCUT2D eigenvalue weighted by molar-refractivity contribution is 0.569. The molecule has 0 aromatic carbocycles. The molecule has 4 aromatic heterocycles. The molecule has 0 aliphatic carbocycles. The van der Waals surface area contributed by atoms with Gasteiger partial charge < -0.3 is 4.42 Å². The minimum Gasteiger partial charge on any atom is -0.439 e. The van der Waals surface area contributed by atoms with Gasteiger partial charge in [-0.3, -0.25) is 0 Å². The number of aromatic nitrogens is 6. The molecule has 0 unspecified atom stereocenters. The van der Waals surface area contributed by atoms with E-state index in [1.165, 1.54) is 0 Å². The molecule has 4 heterocycles. The van der Waals surface area contributed by atoms with Gasteiger partial charge in [0.25, 0.3) is 0 Å². The van der Waals surface area contributed by atoms with E-state index in [4.69, 9.17) is 16.0 Å². The van der Waals surface area contributed by atoms with E-state index in [-0.39, 0.29) is 0 Å². The van der Waals surface area contributed by atoms with Crippen molar-refractivity contribution >= 4 is 17.3 Å². The number of halogens is 1. The summed E-state index contributed by atoms with van der Waals surface area (Å²) in [6.45, 7) is 9.53. The summed E-state index contributed by atoms with van der Waals surface area (Å²) >= 11 is 5.99. The predicted octanol–water partition coefficient (Wildman–Crippen LogP) is 3.77. The van der Waals surface area contributed by atoms with Gasteiger partial charge in [0.05, 0.1) is 5.69 Å². The molecule has 0 saturated carbocycles. The molecule has 4 aromatic rings. The van der Waals surface area contributed by atoms with E-state index in [2.05, 4.69) is 20.2 Å². The zero-order valence-corrected chi connectivity index (χ0v) is 15.4. The summed E-state index contributed by atoms with van der Waals surface area (Å²) in [5, 5.41) is 9.60. The average molecular weight is 357 g/mol. The van der Waals surface area contributed by atoms with E-state index in [0.29, 0.717) is 16.7 Å². The molecule has 0 spiro atoms. The fourth-order valence-corrected chi connectivity index (χ4v) is 3.33. The molecule has 4 rings (SSSR count). The third-order valence-electron chi connectivity index (χ3n) is 4.18. The van der Waals surface area contributed by atoms with E-state index in [1.54, 1.807) is 15.3 Å². The lowest BCUT2D eigenvalue weighted by atomic mass is 10.1. The third-order valence-corrected chi connectivity index (χ3v) is 4.39. The number of nitrogens with zero attached hydrogens (tertiary/aromatic N) is 6. The van der Waals surface area contributed by atoms with Gasteiger partial charge in [-0.05, 0) is 46.8 Å². The lowest BCUT2D eigenvalue weighted by Crippen LogP contribution is -2.00. The standard InChI is InChI=1S/C17H17ClN6O/c1-8-13(6-7-14(18)19-8)16-10(3)25-17-15(9(2)21-24(16)17)23-12(5)20-11(4)22-23/h6-7H,1-5H3. The van der Waals surface area contributed by atoms with Crippen LogP contribution in [0, 0.1) is 34.6 Å². The Morgan fingerprint density at radius 3 is 2.36 bits per heavy atom. The quantitative estimate of drug-likeness (QED) is 0.511. The first kappa shape index (κ1) is 15.8. The smallest absolute Gasteiger partial charge is 0.249 e. The van der Waals surface area contributed by atoms with Gasteiger partial charge in [-0.2, -0.15) is 14.7 Å². The molecule has 0 fully saturated rings. The minimum absolute atomic E-state index is 0.463. The van der Waals surface area contributed by atoms with Gasteiger partial charge >= 0.3 is 0 Å². The molecule has 128 valence electrons. The Hall–Kier alpha value is -2.67. The molecular weight excluding hydrogens is 340 g/mol. The summed E-state index contributed by atoms with van der Waals surface area (Å²) in [6.07, 6.45) is 0. The highest BCUT2D eigenvalue weighted by molar-refractivity contribution is 6.29.